The molecule has 16 heavy (non-hydrogen) atoms. The Morgan fingerprint density at radius 3 is 3.12 bits per heavy atom. The molecule has 0 saturated carbocycles. The monoisotopic (exact) mass is 283 g/mol. The van der Waals surface area contributed by atoms with Crippen LogP contribution in [0.25, 0.3) is 0 Å². The molecule has 1 heterocycles. The lowest BCUT2D eigenvalue weighted by atomic mass is 9.99. The Hall–Kier alpha value is -1.03. The number of halogens is 1. The predicted molar refractivity (Wildman–Crippen MR) is 66.7 cm³/mol. The summed E-state index contributed by atoms with van der Waals surface area (Å²) in [6.45, 7) is 1.02. The summed E-state index contributed by atoms with van der Waals surface area (Å²) in [7, 11) is 1.41. The fraction of sp³-hybridized carbons (Fsp3) is 0.417. The van der Waals surface area contributed by atoms with E-state index in [-0.39, 0.29) is 5.97 Å². The number of carbonyl (C=O) groups excluding carboxylic acids is 1. The number of anilines is 1. The first-order valence-corrected chi connectivity index (χ1v) is 6.12. The van der Waals surface area contributed by atoms with Crippen molar-refractivity contribution in [3.63, 3.8) is 0 Å². The zero-order valence-electron chi connectivity index (χ0n) is 9.18. The van der Waals surface area contributed by atoms with Gasteiger partial charge in [0.05, 0.1) is 19.2 Å². The molecule has 3 nitrogen and oxygen atoms in total. The van der Waals surface area contributed by atoms with E-state index in [0.717, 1.165) is 29.4 Å². The zero-order chi connectivity index (χ0) is 11.5. The molecule has 0 amide bonds. The molecule has 0 unspecified atom stereocenters. The fourth-order valence-corrected chi connectivity index (χ4v) is 2.64. The van der Waals surface area contributed by atoms with Crippen molar-refractivity contribution in [2.45, 2.75) is 19.3 Å². The molecule has 0 saturated heterocycles. The van der Waals surface area contributed by atoms with Gasteiger partial charge in [0.15, 0.2) is 0 Å². The molecule has 0 fully saturated rings. The SMILES string of the molecule is COC(=O)Cc1cc(Br)c2c(c1)CCCN2. The van der Waals surface area contributed by atoms with Crippen LogP contribution in [0, 0.1) is 0 Å². The molecule has 0 spiro atoms. The molecule has 4 heteroatoms. The highest BCUT2D eigenvalue weighted by Crippen LogP contribution is 2.31. The summed E-state index contributed by atoms with van der Waals surface area (Å²) in [4.78, 5) is 11.2. The summed E-state index contributed by atoms with van der Waals surface area (Å²) in [5.41, 5.74) is 3.44. The van der Waals surface area contributed by atoms with Gasteiger partial charge in [-0.15, -0.1) is 0 Å². The Balaban J connectivity index is 2.28. The Morgan fingerprint density at radius 2 is 2.38 bits per heavy atom. The topological polar surface area (TPSA) is 38.3 Å². The zero-order valence-corrected chi connectivity index (χ0v) is 10.8. The van der Waals surface area contributed by atoms with Crippen molar-refractivity contribution in [2.75, 3.05) is 19.0 Å². The smallest absolute Gasteiger partial charge is 0.309 e. The number of nitrogens with one attached hydrogen (secondary N) is 1. The van der Waals surface area contributed by atoms with Crippen molar-refractivity contribution >= 4 is 27.6 Å². The van der Waals surface area contributed by atoms with Crippen LogP contribution in [0.3, 0.4) is 0 Å². The largest absolute Gasteiger partial charge is 0.469 e. The molecular weight excluding hydrogens is 270 g/mol. The number of aryl methyl sites for hydroxylation is 1. The molecule has 1 N–H and O–H groups in total. The summed E-state index contributed by atoms with van der Waals surface area (Å²) in [6.07, 6.45) is 2.54. The van der Waals surface area contributed by atoms with Crippen LogP contribution < -0.4 is 5.32 Å². The Kier molecular flexibility index (Phi) is 3.49. The van der Waals surface area contributed by atoms with Crippen LogP contribution in [-0.2, 0) is 22.4 Å². The molecule has 0 atom stereocenters. The lowest BCUT2D eigenvalue weighted by molar-refractivity contribution is -0.139. The number of methoxy groups -OCH3 is 1. The summed E-state index contributed by atoms with van der Waals surface area (Å²) in [5.74, 6) is -0.199. The quantitative estimate of drug-likeness (QED) is 0.848. The van der Waals surface area contributed by atoms with Gasteiger partial charge in [0.25, 0.3) is 0 Å². The molecule has 1 aliphatic heterocycles. The lowest BCUT2D eigenvalue weighted by Crippen LogP contribution is -2.13. The van der Waals surface area contributed by atoms with E-state index < -0.39 is 0 Å². The van der Waals surface area contributed by atoms with Crippen LogP contribution in [-0.4, -0.2) is 19.6 Å². The number of rotatable bonds is 2. The van der Waals surface area contributed by atoms with Crippen molar-refractivity contribution in [1.29, 1.82) is 0 Å². The summed E-state index contributed by atoms with van der Waals surface area (Å²) in [5, 5.41) is 3.36. The van der Waals surface area contributed by atoms with Crippen LogP contribution in [0.5, 0.6) is 0 Å². The number of hydrogen-bond acceptors (Lipinski definition) is 3. The Morgan fingerprint density at radius 1 is 1.56 bits per heavy atom. The van der Waals surface area contributed by atoms with Crippen molar-refractivity contribution in [1.82, 2.24) is 0 Å². The second-order valence-corrected chi connectivity index (χ2v) is 4.75. The maximum absolute atomic E-state index is 11.2. The van der Waals surface area contributed by atoms with E-state index in [1.165, 1.54) is 18.4 Å². The number of fused-ring (bicyclic) bond motifs is 1. The number of esters is 1. The first-order chi connectivity index (χ1) is 7.70. The number of benzene rings is 1. The van der Waals surface area contributed by atoms with Gasteiger partial charge in [0.2, 0.25) is 0 Å². The first kappa shape index (κ1) is 11.5. The highest BCUT2D eigenvalue weighted by Gasteiger charge is 2.14. The second-order valence-electron chi connectivity index (χ2n) is 3.90. The van der Waals surface area contributed by atoms with E-state index in [9.17, 15) is 4.79 Å². The molecule has 2 rings (SSSR count). The summed E-state index contributed by atoms with van der Waals surface area (Å²) < 4.78 is 5.70. The molecular formula is C12H14BrNO2. The maximum Gasteiger partial charge on any atom is 0.309 e. The normalized spacial score (nSPS) is 13.9. The van der Waals surface area contributed by atoms with Crippen LogP contribution in [0.1, 0.15) is 17.5 Å². The highest BCUT2D eigenvalue weighted by molar-refractivity contribution is 9.10. The molecule has 0 bridgehead atoms. The minimum Gasteiger partial charge on any atom is -0.469 e. The van der Waals surface area contributed by atoms with Gasteiger partial charge in [0.1, 0.15) is 0 Å². The second kappa shape index (κ2) is 4.87. The third kappa shape index (κ3) is 2.38. The average Bonchev–Trinajstić information content (AvgIpc) is 2.29. The molecule has 0 radical (unpaired) electrons. The highest BCUT2D eigenvalue weighted by atomic mass is 79.9. The van der Waals surface area contributed by atoms with Crippen LogP contribution in [0.4, 0.5) is 5.69 Å². The first-order valence-electron chi connectivity index (χ1n) is 5.32. The minimum atomic E-state index is -0.199. The number of hydrogen-bond donors (Lipinski definition) is 1. The fourth-order valence-electron chi connectivity index (χ4n) is 1.95. The van der Waals surface area contributed by atoms with E-state index in [0.29, 0.717) is 6.42 Å². The number of carbonyl (C=O) groups is 1. The third-order valence-corrected chi connectivity index (χ3v) is 3.36. The lowest BCUT2D eigenvalue weighted by Gasteiger charge is -2.20. The summed E-state index contributed by atoms with van der Waals surface area (Å²) in [6, 6.07) is 4.07. The molecule has 1 aromatic carbocycles. The van der Waals surface area contributed by atoms with E-state index in [1.54, 1.807) is 0 Å². The maximum atomic E-state index is 11.2. The molecule has 86 valence electrons. The minimum absolute atomic E-state index is 0.199. The van der Waals surface area contributed by atoms with Gasteiger partial charge in [-0.3, -0.25) is 4.79 Å². The molecule has 0 aromatic heterocycles. The van der Waals surface area contributed by atoms with Crippen molar-refractivity contribution in [2.24, 2.45) is 0 Å². The van der Waals surface area contributed by atoms with Crippen LogP contribution in [0.15, 0.2) is 16.6 Å². The van der Waals surface area contributed by atoms with Gasteiger partial charge in [-0.25, -0.2) is 0 Å². The summed E-state index contributed by atoms with van der Waals surface area (Å²) >= 11 is 3.53. The van der Waals surface area contributed by atoms with Crippen molar-refractivity contribution in [3.05, 3.63) is 27.7 Å². The molecule has 1 aromatic rings. The van der Waals surface area contributed by atoms with Crippen molar-refractivity contribution in [3.8, 4) is 0 Å². The van der Waals surface area contributed by atoms with E-state index in [2.05, 4.69) is 32.0 Å². The van der Waals surface area contributed by atoms with Gasteiger partial charge in [0, 0.05) is 11.0 Å². The average molecular weight is 284 g/mol. The Labute approximate surface area is 103 Å². The van der Waals surface area contributed by atoms with Gasteiger partial charge in [-0.05, 0) is 46.0 Å². The molecule has 0 aliphatic carbocycles. The van der Waals surface area contributed by atoms with E-state index >= 15 is 0 Å². The van der Waals surface area contributed by atoms with Gasteiger partial charge in [-0.1, -0.05) is 6.07 Å². The third-order valence-electron chi connectivity index (χ3n) is 2.73. The van der Waals surface area contributed by atoms with Crippen molar-refractivity contribution < 1.29 is 9.53 Å². The van der Waals surface area contributed by atoms with Gasteiger partial charge in [-0.2, -0.15) is 0 Å². The predicted octanol–water partition coefficient (Wildman–Crippen LogP) is 2.52. The Bertz CT molecular complexity index is 418. The van der Waals surface area contributed by atoms with Gasteiger partial charge >= 0.3 is 5.97 Å². The number of ether oxygens (including phenoxy) is 1. The van der Waals surface area contributed by atoms with Crippen LogP contribution >= 0.6 is 15.9 Å². The van der Waals surface area contributed by atoms with E-state index in [4.69, 9.17) is 0 Å². The van der Waals surface area contributed by atoms with Gasteiger partial charge < -0.3 is 10.1 Å². The molecule has 1 aliphatic rings. The van der Waals surface area contributed by atoms with E-state index in [1.807, 2.05) is 6.07 Å². The van der Waals surface area contributed by atoms with Crippen LogP contribution in [0.2, 0.25) is 0 Å². The standard InChI is InChI=1S/C12H14BrNO2/c1-16-11(15)7-8-5-9-3-2-4-14-12(9)10(13)6-8/h5-6,14H,2-4,7H2,1H3.